The number of hydrogen-bond acceptors (Lipinski definition) is 6. The molecule has 0 aliphatic carbocycles. The predicted octanol–water partition coefficient (Wildman–Crippen LogP) is 1.51. The molecule has 3 aromatic rings. The van der Waals surface area contributed by atoms with E-state index in [1.54, 1.807) is 18.2 Å². The highest BCUT2D eigenvalue weighted by molar-refractivity contribution is 6.11. The molecule has 0 spiro atoms. The van der Waals surface area contributed by atoms with E-state index in [1.807, 2.05) is 0 Å². The monoisotopic (exact) mass is 464 g/mol. The third-order valence-corrected chi connectivity index (χ3v) is 6.52. The van der Waals surface area contributed by atoms with Crippen LogP contribution in [0, 0.1) is 5.82 Å². The Hall–Kier alpha value is -4.41. The highest BCUT2D eigenvalue weighted by Gasteiger charge is 2.53. The Balaban J connectivity index is 1.44. The van der Waals surface area contributed by atoms with Crippen LogP contribution in [-0.4, -0.2) is 42.3 Å². The Bertz CT molecular complexity index is 1460. The summed E-state index contributed by atoms with van der Waals surface area (Å²) in [7, 11) is 1.30. The highest BCUT2D eigenvalue weighted by atomic mass is 19.1. The summed E-state index contributed by atoms with van der Waals surface area (Å²) in [5.74, 6) is -2.43. The molecule has 34 heavy (non-hydrogen) atoms. The fourth-order valence-corrected chi connectivity index (χ4v) is 4.87. The summed E-state index contributed by atoms with van der Waals surface area (Å²) in [5, 5.41) is 8.00. The molecule has 172 valence electrons. The number of amides is 5. The highest BCUT2D eigenvalue weighted by Crippen LogP contribution is 2.37. The van der Waals surface area contributed by atoms with Gasteiger partial charge in [-0.1, -0.05) is 12.1 Å². The molecule has 3 aliphatic rings. The molecule has 6 rings (SSSR count). The van der Waals surface area contributed by atoms with Crippen molar-refractivity contribution in [2.24, 2.45) is 0 Å². The van der Waals surface area contributed by atoms with Crippen LogP contribution in [0.15, 0.2) is 34.7 Å². The van der Waals surface area contributed by atoms with Gasteiger partial charge in [0.2, 0.25) is 0 Å². The average molecular weight is 464 g/mol. The van der Waals surface area contributed by atoms with Crippen molar-refractivity contribution in [3.05, 3.63) is 64.2 Å². The number of carbonyl (C=O) groups excluding carboxylic acids is 4. The average Bonchev–Trinajstić information content (AvgIpc) is 3.54. The molecule has 1 unspecified atom stereocenters. The van der Waals surface area contributed by atoms with Gasteiger partial charge < -0.3 is 24.7 Å². The molecule has 10 nitrogen and oxygen atoms in total. The quantitative estimate of drug-likeness (QED) is 0.502. The van der Waals surface area contributed by atoms with Crippen molar-refractivity contribution in [1.29, 1.82) is 0 Å². The number of benzene rings is 2. The summed E-state index contributed by atoms with van der Waals surface area (Å²) in [6, 6.07) is 7.21. The van der Waals surface area contributed by atoms with Gasteiger partial charge in [-0.25, -0.2) is 9.18 Å². The fraction of sp³-hybridized carbons (Fsp3) is 0.217. The summed E-state index contributed by atoms with van der Waals surface area (Å²) in [4.78, 5) is 51.9. The van der Waals surface area contributed by atoms with Gasteiger partial charge in [-0.05, 0) is 29.3 Å². The van der Waals surface area contributed by atoms with E-state index in [4.69, 9.17) is 9.15 Å². The van der Waals surface area contributed by atoms with E-state index in [-0.39, 0.29) is 36.1 Å². The molecule has 0 bridgehead atoms. The van der Waals surface area contributed by atoms with Gasteiger partial charge in [-0.2, -0.15) is 0 Å². The maximum Gasteiger partial charge on any atom is 0.322 e. The lowest BCUT2D eigenvalue weighted by atomic mass is 9.94. The minimum absolute atomic E-state index is 0.0258. The summed E-state index contributed by atoms with van der Waals surface area (Å²) in [6.45, 7) is 0.0919. The second-order valence-electron chi connectivity index (χ2n) is 8.40. The Kier molecular flexibility index (Phi) is 4.04. The first-order valence-electron chi connectivity index (χ1n) is 10.4. The second kappa shape index (κ2) is 6.80. The number of ether oxygens (including phenoxy) is 1. The van der Waals surface area contributed by atoms with Gasteiger partial charge in [0.1, 0.15) is 11.3 Å². The van der Waals surface area contributed by atoms with Crippen LogP contribution in [0.5, 0.6) is 5.75 Å². The van der Waals surface area contributed by atoms with Crippen molar-refractivity contribution in [2.75, 3.05) is 13.7 Å². The molecular formula is C23H17FN4O6. The molecule has 2 aromatic carbocycles. The molecule has 1 atom stereocenters. The van der Waals surface area contributed by atoms with Crippen LogP contribution in [0.25, 0.3) is 11.0 Å². The van der Waals surface area contributed by atoms with Crippen LogP contribution < -0.4 is 20.7 Å². The first-order valence-corrected chi connectivity index (χ1v) is 10.4. The minimum atomic E-state index is -1.77. The predicted molar refractivity (Wildman–Crippen MR) is 113 cm³/mol. The maximum absolute atomic E-state index is 14.8. The summed E-state index contributed by atoms with van der Waals surface area (Å²) < 4.78 is 25.7. The van der Waals surface area contributed by atoms with E-state index in [1.165, 1.54) is 24.1 Å². The molecule has 3 aliphatic heterocycles. The zero-order valence-corrected chi connectivity index (χ0v) is 17.8. The van der Waals surface area contributed by atoms with E-state index < -0.39 is 29.2 Å². The number of methoxy groups -OCH3 is 1. The van der Waals surface area contributed by atoms with E-state index in [0.29, 0.717) is 28.6 Å². The standard InChI is InChI=1S/C23H17FN4O6/c1-33-14-5-3-11-8-28(20(30)17(11)18(14)24)9-23(21(31)26-22(32)27-23)15-6-12-13(34-15)4-2-10-7-25-19(29)16(10)12/h2-6H,7-9H2,1H3,(H,25,29)(H2,26,27,31,32). The fourth-order valence-electron chi connectivity index (χ4n) is 4.87. The van der Waals surface area contributed by atoms with Gasteiger partial charge >= 0.3 is 6.03 Å². The molecule has 1 aromatic heterocycles. The van der Waals surface area contributed by atoms with Crippen LogP contribution in [0.3, 0.4) is 0 Å². The Morgan fingerprint density at radius 3 is 2.65 bits per heavy atom. The van der Waals surface area contributed by atoms with Crippen LogP contribution in [-0.2, 0) is 23.4 Å². The summed E-state index contributed by atoms with van der Waals surface area (Å²) in [6.07, 6.45) is 0. The van der Waals surface area contributed by atoms with Crippen molar-refractivity contribution < 1.29 is 32.7 Å². The Morgan fingerprint density at radius 1 is 1.12 bits per heavy atom. The lowest BCUT2D eigenvalue weighted by Crippen LogP contribution is -2.52. The lowest BCUT2D eigenvalue weighted by molar-refractivity contribution is -0.125. The largest absolute Gasteiger partial charge is 0.494 e. The lowest BCUT2D eigenvalue weighted by Gasteiger charge is -2.29. The third kappa shape index (κ3) is 2.60. The van der Waals surface area contributed by atoms with Crippen molar-refractivity contribution in [3.8, 4) is 5.75 Å². The first kappa shape index (κ1) is 20.2. The molecule has 0 radical (unpaired) electrons. The normalized spacial score (nSPS) is 20.9. The van der Waals surface area contributed by atoms with Gasteiger partial charge in [0, 0.05) is 18.5 Å². The number of rotatable bonds is 4. The van der Waals surface area contributed by atoms with Gasteiger partial charge in [-0.15, -0.1) is 0 Å². The van der Waals surface area contributed by atoms with Gasteiger partial charge in [-0.3, -0.25) is 19.7 Å². The molecule has 4 heterocycles. The van der Waals surface area contributed by atoms with Gasteiger partial charge in [0.15, 0.2) is 17.1 Å². The molecule has 11 heteroatoms. The Morgan fingerprint density at radius 2 is 1.91 bits per heavy atom. The van der Waals surface area contributed by atoms with E-state index in [0.717, 1.165) is 5.56 Å². The molecule has 1 fully saturated rings. The van der Waals surface area contributed by atoms with Crippen LogP contribution in [0.2, 0.25) is 0 Å². The smallest absolute Gasteiger partial charge is 0.322 e. The number of imide groups is 1. The second-order valence-corrected chi connectivity index (χ2v) is 8.40. The van der Waals surface area contributed by atoms with Crippen LogP contribution >= 0.6 is 0 Å². The molecule has 1 saturated heterocycles. The number of furan rings is 1. The summed E-state index contributed by atoms with van der Waals surface area (Å²) >= 11 is 0. The number of nitrogens with zero attached hydrogens (tertiary/aromatic N) is 1. The number of nitrogens with one attached hydrogen (secondary N) is 3. The number of carbonyl (C=O) groups is 4. The Labute approximate surface area is 191 Å². The third-order valence-electron chi connectivity index (χ3n) is 6.52. The SMILES string of the molecule is COc1ccc2c(c1F)C(=O)N(CC1(c3cc4c5c(ccc4o3)CNC5=O)NC(=O)NC1=O)C2. The van der Waals surface area contributed by atoms with E-state index >= 15 is 0 Å². The maximum atomic E-state index is 14.8. The van der Waals surface area contributed by atoms with Crippen LogP contribution in [0.4, 0.5) is 9.18 Å². The van der Waals surface area contributed by atoms with Gasteiger partial charge in [0.25, 0.3) is 17.7 Å². The molecule has 3 N–H and O–H groups in total. The molecule has 0 saturated carbocycles. The van der Waals surface area contributed by atoms with Crippen molar-refractivity contribution >= 4 is 34.7 Å². The van der Waals surface area contributed by atoms with Crippen LogP contribution in [0.1, 0.15) is 37.6 Å². The molecular weight excluding hydrogens is 447 g/mol. The minimum Gasteiger partial charge on any atom is -0.494 e. The zero-order chi connectivity index (χ0) is 23.8. The van der Waals surface area contributed by atoms with E-state index in [9.17, 15) is 23.6 Å². The zero-order valence-electron chi connectivity index (χ0n) is 17.8. The number of halogens is 1. The summed E-state index contributed by atoms with van der Waals surface area (Å²) in [5.41, 5.74) is 0.0993. The van der Waals surface area contributed by atoms with E-state index in [2.05, 4.69) is 16.0 Å². The number of fused-ring (bicyclic) bond motifs is 4. The van der Waals surface area contributed by atoms with Crippen molar-refractivity contribution in [2.45, 2.75) is 18.6 Å². The number of hydrogen-bond donors (Lipinski definition) is 3. The number of urea groups is 1. The van der Waals surface area contributed by atoms with Crippen molar-refractivity contribution in [1.82, 2.24) is 20.9 Å². The van der Waals surface area contributed by atoms with Crippen molar-refractivity contribution in [3.63, 3.8) is 0 Å². The van der Waals surface area contributed by atoms with Gasteiger partial charge in [0.05, 0.1) is 24.8 Å². The first-order chi connectivity index (χ1) is 16.3. The topological polar surface area (TPSA) is 130 Å². The molecule has 5 amide bonds.